The van der Waals surface area contributed by atoms with Crippen LogP contribution >= 0.6 is 0 Å². The number of hydrogen-bond acceptors (Lipinski definition) is 3. The lowest BCUT2D eigenvalue weighted by Gasteiger charge is -2.12. The number of carboxylic acid groups (broad SMARTS) is 2. The molecule has 0 aliphatic heterocycles. The van der Waals surface area contributed by atoms with Gasteiger partial charge in [0.05, 0.1) is 6.42 Å². The third kappa shape index (κ3) is 7.67. The highest BCUT2D eigenvalue weighted by atomic mass is 16.4. The minimum atomic E-state index is -1.44. The molecular formula is C10H14N2O5. The van der Waals surface area contributed by atoms with Crippen molar-refractivity contribution in [2.45, 2.75) is 25.8 Å². The van der Waals surface area contributed by atoms with E-state index < -0.39 is 30.4 Å². The summed E-state index contributed by atoms with van der Waals surface area (Å²) in [4.78, 5) is 32.1. The van der Waals surface area contributed by atoms with E-state index in [1.807, 2.05) is 5.32 Å². The maximum Gasteiger partial charge on any atom is 0.326 e. The largest absolute Gasteiger partial charge is 0.481 e. The van der Waals surface area contributed by atoms with Crippen LogP contribution < -0.4 is 10.6 Å². The van der Waals surface area contributed by atoms with Crippen molar-refractivity contribution in [2.24, 2.45) is 0 Å². The van der Waals surface area contributed by atoms with Gasteiger partial charge < -0.3 is 20.8 Å². The predicted octanol–water partition coefficient (Wildman–Crippen LogP) is -0.373. The van der Waals surface area contributed by atoms with E-state index in [-0.39, 0.29) is 6.54 Å². The summed E-state index contributed by atoms with van der Waals surface area (Å²) in [5.41, 5.74) is 0. The minimum Gasteiger partial charge on any atom is -0.481 e. The van der Waals surface area contributed by atoms with Crippen LogP contribution in [0, 0.1) is 11.8 Å². The Bertz CT molecular complexity index is 355. The molecule has 0 aromatic heterocycles. The van der Waals surface area contributed by atoms with Gasteiger partial charge in [-0.15, -0.1) is 11.8 Å². The molecule has 0 radical (unpaired) electrons. The van der Waals surface area contributed by atoms with Crippen LogP contribution in [0.1, 0.15) is 19.8 Å². The SMILES string of the molecule is CC#CCCNC(=O)NC(CC(=O)O)C(=O)O. The van der Waals surface area contributed by atoms with E-state index in [2.05, 4.69) is 17.2 Å². The first-order valence-corrected chi connectivity index (χ1v) is 4.86. The molecule has 0 fully saturated rings. The van der Waals surface area contributed by atoms with Gasteiger partial charge in [0, 0.05) is 13.0 Å². The highest BCUT2D eigenvalue weighted by Gasteiger charge is 2.22. The van der Waals surface area contributed by atoms with Gasteiger partial charge in [-0.05, 0) is 6.92 Å². The Kier molecular flexibility index (Phi) is 6.94. The molecule has 2 amide bonds. The Hall–Kier alpha value is -2.23. The zero-order chi connectivity index (χ0) is 13.3. The summed E-state index contributed by atoms with van der Waals surface area (Å²) in [5, 5.41) is 21.5. The van der Waals surface area contributed by atoms with Crippen LogP contribution in [0.2, 0.25) is 0 Å². The van der Waals surface area contributed by atoms with Crippen molar-refractivity contribution in [2.75, 3.05) is 6.54 Å². The van der Waals surface area contributed by atoms with Crippen molar-refractivity contribution in [3.05, 3.63) is 0 Å². The molecule has 1 unspecified atom stereocenters. The third-order valence-corrected chi connectivity index (χ3v) is 1.69. The van der Waals surface area contributed by atoms with E-state index in [0.29, 0.717) is 6.42 Å². The molecule has 0 aromatic rings. The molecular weight excluding hydrogens is 228 g/mol. The van der Waals surface area contributed by atoms with Crippen LogP contribution in [0.5, 0.6) is 0 Å². The van der Waals surface area contributed by atoms with Crippen LogP contribution in [-0.2, 0) is 9.59 Å². The number of hydrogen-bond donors (Lipinski definition) is 4. The summed E-state index contributed by atoms with van der Waals surface area (Å²) in [6.45, 7) is 1.93. The predicted molar refractivity (Wildman–Crippen MR) is 58.3 cm³/mol. The van der Waals surface area contributed by atoms with E-state index >= 15 is 0 Å². The van der Waals surface area contributed by atoms with Gasteiger partial charge >= 0.3 is 18.0 Å². The van der Waals surface area contributed by atoms with Gasteiger partial charge in [0.15, 0.2) is 0 Å². The smallest absolute Gasteiger partial charge is 0.326 e. The molecule has 0 rings (SSSR count). The van der Waals surface area contributed by atoms with Gasteiger partial charge in [0.1, 0.15) is 6.04 Å². The normalized spacial score (nSPS) is 10.6. The zero-order valence-electron chi connectivity index (χ0n) is 9.32. The number of carbonyl (C=O) groups excluding carboxylic acids is 1. The van der Waals surface area contributed by atoms with Gasteiger partial charge in [-0.3, -0.25) is 4.79 Å². The average molecular weight is 242 g/mol. The van der Waals surface area contributed by atoms with Gasteiger partial charge in [-0.25, -0.2) is 9.59 Å². The third-order valence-electron chi connectivity index (χ3n) is 1.69. The second kappa shape index (κ2) is 7.98. The minimum absolute atomic E-state index is 0.270. The molecule has 0 aliphatic carbocycles. The zero-order valence-corrected chi connectivity index (χ0v) is 9.32. The highest BCUT2D eigenvalue weighted by molar-refractivity contribution is 5.86. The number of carboxylic acids is 2. The Morgan fingerprint density at radius 1 is 1.29 bits per heavy atom. The molecule has 17 heavy (non-hydrogen) atoms. The molecule has 4 N–H and O–H groups in total. The summed E-state index contributed by atoms with van der Waals surface area (Å²) < 4.78 is 0. The Morgan fingerprint density at radius 3 is 2.41 bits per heavy atom. The first-order valence-electron chi connectivity index (χ1n) is 4.86. The van der Waals surface area contributed by atoms with Crippen molar-refractivity contribution in [3.63, 3.8) is 0 Å². The maximum atomic E-state index is 11.2. The van der Waals surface area contributed by atoms with Crippen molar-refractivity contribution in [1.82, 2.24) is 10.6 Å². The molecule has 0 heterocycles. The summed E-state index contributed by atoms with van der Waals surface area (Å²) in [7, 11) is 0. The summed E-state index contributed by atoms with van der Waals surface area (Å²) in [5.74, 6) is 2.65. The van der Waals surface area contributed by atoms with Gasteiger partial charge in [0.25, 0.3) is 0 Å². The molecule has 0 saturated heterocycles. The first kappa shape index (κ1) is 14.8. The Labute approximate surface area is 98.2 Å². The fourth-order valence-electron chi connectivity index (χ4n) is 0.948. The van der Waals surface area contributed by atoms with Crippen LogP contribution in [0.4, 0.5) is 4.79 Å². The Morgan fingerprint density at radius 2 is 1.94 bits per heavy atom. The number of amides is 2. The molecule has 0 bridgehead atoms. The number of nitrogens with one attached hydrogen (secondary N) is 2. The summed E-state index contributed by atoms with van der Waals surface area (Å²) in [6.07, 6.45) is -0.224. The molecule has 0 saturated carbocycles. The van der Waals surface area contributed by atoms with E-state index in [1.54, 1.807) is 6.92 Å². The number of urea groups is 1. The van der Waals surface area contributed by atoms with E-state index in [0.717, 1.165) is 0 Å². The van der Waals surface area contributed by atoms with Gasteiger partial charge in [-0.2, -0.15) is 0 Å². The average Bonchev–Trinajstić information content (AvgIpc) is 2.22. The Balaban J connectivity index is 4.07. The molecule has 1 atom stereocenters. The van der Waals surface area contributed by atoms with Crippen molar-refractivity contribution in [3.8, 4) is 11.8 Å². The lowest BCUT2D eigenvalue weighted by molar-refractivity contribution is -0.145. The lowest BCUT2D eigenvalue weighted by atomic mass is 10.2. The van der Waals surface area contributed by atoms with Crippen molar-refractivity contribution >= 4 is 18.0 Å². The molecule has 0 spiro atoms. The molecule has 0 aromatic carbocycles. The number of rotatable bonds is 6. The quantitative estimate of drug-likeness (QED) is 0.374. The fraction of sp³-hybridized carbons (Fsp3) is 0.500. The lowest BCUT2D eigenvalue weighted by Crippen LogP contribution is -2.47. The van der Waals surface area contributed by atoms with Crippen LogP contribution in [0.3, 0.4) is 0 Å². The fourth-order valence-corrected chi connectivity index (χ4v) is 0.948. The van der Waals surface area contributed by atoms with Crippen LogP contribution in [0.15, 0.2) is 0 Å². The topological polar surface area (TPSA) is 116 Å². The maximum absolute atomic E-state index is 11.2. The first-order chi connectivity index (χ1) is 7.97. The van der Waals surface area contributed by atoms with Gasteiger partial charge in [0.2, 0.25) is 0 Å². The molecule has 0 aliphatic rings. The second-order valence-electron chi connectivity index (χ2n) is 3.07. The summed E-state index contributed by atoms with van der Waals surface area (Å²) >= 11 is 0. The second-order valence-corrected chi connectivity index (χ2v) is 3.07. The van der Waals surface area contributed by atoms with Crippen molar-refractivity contribution in [1.29, 1.82) is 0 Å². The van der Waals surface area contributed by atoms with Crippen LogP contribution in [0.25, 0.3) is 0 Å². The summed E-state index contributed by atoms with van der Waals surface area (Å²) in [6, 6.07) is -2.17. The molecule has 7 nitrogen and oxygen atoms in total. The monoisotopic (exact) mass is 242 g/mol. The number of aliphatic carboxylic acids is 2. The van der Waals surface area contributed by atoms with Crippen LogP contribution in [-0.4, -0.2) is 40.8 Å². The standard InChI is InChI=1S/C10H14N2O5/c1-2-3-4-5-11-10(17)12-7(9(15)16)6-8(13)14/h7H,4-6H2,1H3,(H,13,14)(H,15,16)(H2,11,12,17). The number of carbonyl (C=O) groups is 3. The van der Waals surface area contributed by atoms with E-state index in [4.69, 9.17) is 10.2 Å². The van der Waals surface area contributed by atoms with Crippen molar-refractivity contribution < 1.29 is 24.6 Å². The van der Waals surface area contributed by atoms with E-state index in [9.17, 15) is 14.4 Å². The molecule has 7 heteroatoms. The van der Waals surface area contributed by atoms with E-state index in [1.165, 1.54) is 0 Å². The van der Waals surface area contributed by atoms with Gasteiger partial charge in [-0.1, -0.05) is 0 Å². The molecule has 94 valence electrons. The highest BCUT2D eigenvalue weighted by Crippen LogP contribution is 1.92.